The molecular formula is C7H11NO3. The van der Waals surface area contributed by atoms with E-state index in [-0.39, 0.29) is 17.9 Å². The maximum atomic E-state index is 10.8. The van der Waals surface area contributed by atoms with Gasteiger partial charge in [0.1, 0.15) is 0 Å². The average Bonchev–Trinajstić information content (AvgIpc) is 2.00. The first-order chi connectivity index (χ1) is 5.22. The van der Waals surface area contributed by atoms with Gasteiger partial charge in [0.15, 0.2) is 0 Å². The Labute approximate surface area is 64.8 Å². The lowest BCUT2D eigenvalue weighted by Gasteiger charge is -2.15. The molecule has 0 spiro atoms. The molecule has 0 radical (unpaired) electrons. The van der Waals surface area contributed by atoms with E-state index in [1.54, 1.807) is 0 Å². The Kier molecular flexibility index (Phi) is 2.59. The molecule has 1 saturated heterocycles. The number of carbonyl (C=O) groups excluding carboxylic acids is 2. The zero-order valence-electron chi connectivity index (χ0n) is 6.25. The van der Waals surface area contributed by atoms with E-state index < -0.39 is 11.8 Å². The Balaban J connectivity index is 2.56. The summed E-state index contributed by atoms with van der Waals surface area (Å²) >= 11 is 0. The van der Waals surface area contributed by atoms with Crippen LogP contribution in [-0.4, -0.2) is 22.1 Å². The van der Waals surface area contributed by atoms with Gasteiger partial charge in [0.05, 0.1) is 0 Å². The highest BCUT2D eigenvalue weighted by atomic mass is 16.5. The lowest BCUT2D eigenvalue weighted by Crippen LogP contribution is -2.34. The van der Waals surface area contributed by atoms with Crippen molar-refractivity contribution in [3.05, 3.63) is 0 Å². The van der Waals surface area contributed by atoms with Crippen molar-refractivity contribution in [2.75, 3.05) is 0 Å². The molecule has 1 aliphatic heterocycles. The molecule has 1 heterocycles. The summed E-state index contributed by atoms with van der Waals surface area (Å²) in [6.07, 6.45) is 2.99. The second-order valence-corrected chi connectivity index (χ2v) is 2.66. The molecule has 0 bridgehead atoms. The van der Waals surface area contributed by atoms with Crippen LogP contribution in [0.4, 0.5) is 0 Å². The monoisotopic (exact) mass is 157 g/mol. The molecular weight excluding hydrogens is 146 g/mol. The van der Waals surface area contributed by atoms with Crippen molar-refractivity contribution in [2.45, 2.75) is 32.1 Å². The molecule has 1 aliphatic rings. The Bertz CT molecular complexity index is 161. The van der Waals surface area contributed by atoms with Gasteiger partial charge in [0, 0.05) is 12.8 Å². The predicted molar refractivity (Wildman–Crippen MR) is 36.7 cm³/mol. The van der Waals surface area contributed by atoms with Gasteiger partial charge >= 0.3 is 0 Å². The van der Waals surface area contributed by atoms with Gasteiger partial charge in [-0.05, 0) is 12.8 Å². The van der Waals surface area contributed by atoms with Gasteiger partial charge in [-0.15, -0.1) is 0 Å². The van der Waals surface area contributed by atoms with Gasteiger partial charge < -0.3 is 0 Å². The average molecular weight is 157 g/mol. The Morgan fingerprint density at radius 1 is 1.00 bits per heavy atom. The van der Waals surface area contributed by atoms with Crippen molar-refractivity contribution in [1.82, 2.24) is 5.06 Å². The molecule has 4 nitrogen and oxygen atoms in total. The summed E-state index contributed by atoms with van der Waals surface area (Å²) in [4.78, 5) is 21.7. The molecule has 2 amide bonds. The third-order valence-electron chi connectivity index (χ3n) is 1.75. The molecule has 0 saturated carbocycles. The van der Waals surface area contributed by atoms with Crippen LogP contribution < -0.4 is 0 Å². The number of nitrogens with zero attached hydrogens (tertiary/aromatic N) is 1. The third-order valence-corrected chi connectivity index (χ3v) is 1.75. The lowest BCUT2D eigenvalue weighted by molar-refractivity contribution is -0.180. The molecule has 1 N–H and O–H groups in total. The number of rotatable bonds is 0. The van der Waals surface area contributed by atoms with E-state index >= 15 is 0 Å². The van der Waals surface area contributed by atoms with Crippen LogP contribution in [0.5, 0.6) is 0 Å². The summed E-state index contributed by atoms with van der Waals surface area (Å²) in [7, 11) is 0. The third kappa shape index (κ3) is 2.01. The SMILES string of the molecule is O=C1CCCCCC(=O)N1O. The number of hydrogen-bond acceptors (Lipinski definition) is 3. The molecule has 0 aromatic carbocycles. The molecule has 62 valence electrons. The van der Waals surface area contributed by atoms with Gasteiger partial charge in [-0.1, -0.05) is 6.42 Å². The van der Waals surface area contributed by atoms with Crippen molar-refractivity contribution in [3.8, 4) is 0 Å². The molecule has 0 unspecified atom stereocenters. The summed E-state index contributed by atoms with van der Waals surface area (Å²) in [5, 5.41) is 9.13. The zero-order valence-corrected chi connectivity index (χ0v) is 6.25. The summed E-state index contributed by atoms with van der Waals surface area (Å²) in [6, 6.07) is 0. The minimum Gasteiger partial charge on any atom is -0.279 e. The molecule has 0 aromatic heterocycles. The highest BCUT2D eigenvalue weighted by molar-refractivity contribution is 5.93. The molecule has 0 aliphatic carbocycles. The largest absolute Gasteiger partial charge is 0.279 e. The predicted octanol–water partition coefficient (Wildman–Crippen LogP) is 0.695. The van der Waals surface area contributed by atoms with Crippen LogP contribution in [0.2, 0.25) is 0 Å². The molecule has 11 heavy (non-hydrogen) atoms. The minimum atomic E-state index is -0.477. The quantitative estimate of drug-likeness (QED) is 0.416. The van der Waals surface area contributed by atoms with Crippen LogP contribution in [0.15, 0.2) is 0 Å². The standard InChI is InChI=1S/C7H11NO3/c9-6-4-2-1-3-5-7(10)8(6)11/h11H,1-5H2. The van der Waals surface area contributed by atoms with Crippen molar-refractivity contribution in [2.24, 2.45) is 0 Å². The molecule has 4 heteroatoms. The van der Waals surface area contributed by atoms with E-state index in [4.69, 9.17) is 5.21 Å². The fourth-order valence-electron chi connectivity index (χ4n) is 1.08. The maximum absolute atomic E-state index is 10.8. The van der Waals surface area contributed by atoms with E-state index in [2.05, 4.69) is 0 Å². The zero-order chi connectivity index (χ0) is 8.27. The van der Waals surface area contributed by atoms with Crippen LogP contribution in [-0.2, 0) is 9.59 Å². The van der Waals surface area contributed by atoms with E-state index in [0.29, 0.717) is 0 Å². The number of amides is 2. The summed E-state index contributed by atoms with van der Waals surface area (Å²) < 4.78 is 0. The van der Waals surface area contributed by atoms with Crippen LogP contribution >= 0.6 is 0 Å². The topological polar surface area (TPSA) is 57.6 Å². The highest BCUT2D eigenvalue weighted by Gasteiger charge is 2.20. The maximum Gasteiger partial charge on any atom is 0.253 e. The van der Waals surface area contributed by atoms with Gasteiger partial charge in [-0.3, -0.25) is 14.8 Å². The number of imide groups is 1. The smallest absolute Gasteiger partial charge is 0.253 e. The second-order valence-electron chi connectivity index (χ2n) is 2.66. The van der Waals surface area contributed by atoms with Crippen LogP contribution in [0.25, 0.3) is 0 Å². The van der Waals surface area contributed by atoms with Gasteiger partial charge in [-0.2, -0.15) is 5.06 Å². The lowest BCUT2D eigenvalue weighted by atomic mass is 10.1. The number of hydrogen-bond donors (Lipinski definition) is 1. The summed E-state index contributed by atoms with van der Waals surface area (Å²) in [5.41, 5.74) is 0. The van der Waals surface area contributed by atoms with Crippen molar-refractivity contribution in [1.29, 1.82) is 0 Å². The molecule has 0 atom stereocenters. The van der Waals surface area contributed by atoms with E-state index in [0.717, 1.165) is 19.3 Å². The first-order valence-electron chi connectivity index (χ1n) is 3.76. The molecule has 0 aromatic rings. The van der Waals surface area contributed by atoms with Gasteiger partial charge in [-0.25, -0.2) is 0 Å². The van der Waals surface area contributed by atoms with E-state index in [1.807, 2.05) is 0 Å². The van der Waals surface area contributed by atoms with Crippen LogP contribution in [0.3, 0.4) is 0 Å². The Morgan fingerprint density at radius 3 is 1.91 bits per heavy atom. The molecule has 1 fully saturated rings. The summed E-state index contributed by atoms with van der Waals surface area (Å²) in [5.74, 6) is -0.954. The summed E-state index contributed by atoms with van der Waals surface area (Å²) in [6.45, 7) is 0. The Hall–Kier alpha value is -0.900. The van der Waals surface area contributed by atoms with Crippen LogP contribution in [0.1, 0.15) is 32.1 Å². The second kappa shape index (κ2) is 3.48. The minimum absolute atomic E-state index is 0.249. The van der Waals surface area contributed by atoms with Crippen molar-refractivity contribution in [3.63, 3.8) is 0 Å². The highest BCUT2D eigenvalue weighted by Crippen LogP contribution is 2.10. The van der Waals surface area contributed by atoms with Crippen molar-refractivity contribution >= 4 is 11.8 Å². The van der Waals surface area contributed by atoms with Gasteiger partial charge in [0.25, 0.3) is 11.8 Å². The normalized spacial score (nSPS) is 21.4. The fourth-order valence-corrected chi connectivity index (χ4v) is 1.08. The number of carbonyl (C=O) groups is 2. The fraction of sp³-hybridized carbons (Fsp3) is 0.714. The number of hydroxylamine groups is 2. The first kappa shape index (κ1) is 8.20. The van der Waals surface area contributed by atoms with Crippen molar-refractivity contribution < 1.29 is 14.8 Å². The Morgan fingerprint density at radius 2 is 1.45 bits per heavy atom. The van der Waals surface area contributed by atoms with Crippen LogP contribution in [0, 0.1) is 0 Å². The molecule has 1 rings (SSSR count). The van der Waals surface area contributed by atoms with Gasteiger partial charge in [0.2, 0.25) is 0 Å². The first-order valence-corrected chi connectivity index (χ1v) is 3.76. The van der Waals surface area contributed by atoms with E-state index in [1.165, 1.54) is 0 Å². The van der Waals surface area contributed by atoms with E-state index in [9.17, 15) is 9.59 Å².